The van der Waals surface area contributed by atoms with Gasteiger partial charge in [0.25, 0.3) is 0 Å². The summed E-state index contributed by atoms with van der Waals surface area (Å²) in [6.45, 7) is 2.61. The summed E-state index contributed by atoms with van der Waals surface area (Å²) in [4.78, 5) is 31.1. The van der Waals surface area contributed by atoms with Gasteiger partial charge in [0.2, 0.25) is 5.91 Å². The zero-order chi connectivity index (χ0) is 19.4. The molecule has 0 saturated carbocycles. The molecule has 0 fully saturated rings. The molecule has 0 unspecified atom stereocenters. The van der Waals surface area contributed by atoms with Gasteiger partial charge in [0, 0.05) is 36.8 Å². The molecular weight excluding hydrogens is 346 g/mol. The molecule has 2 aromatic heterocycles. The van der Waals surface area contributed by atoms with Crippen LogP contribution < -0.4 is 22.1 Å². The number of H-pyrrole nitrogens is 1. The molecular formula is C18H21N7O2. The van der Waals surface area contributed by atoms with Gasteiger partial charge in [-0.3, -0.25) is 14.8 Å². The normalized spacial score (nSPS) is 10.7. The second-order valence-electron chi connectivity index (χ2n) is 6.18. The highest BCUT2D eigenvalue weighted by Gasteiger charge is 2.07. The predicted molar refractivity (Wildman–Crippen MR) is 103 cm³/mol. The summed E-state index contributed by atoms with van der Waals surface area (Å²) < 4.78 is 1.49. The van der Waals surface area contributed by atoms with E-state index >= 15 is 0 Å². The minimum Gasteiger partial charge on any atom is -0.370 e. The predicted octanol–water partition coefficient (Wildman–Crippen LogP) is 0.512. The smallest absolute Gasteiger partial charge is 0.354 e. The highest BCUT2D eigenvalue weighted by atomic mass is 16.2. The molecule has 3 aromatic rings. The van der Waals surface area contributed by atoms with Crippen molar-refractivity contribution < 1.29 is 4.79 Å². The van der Waals surface area contributed by atoms with E-state index < -0.39 is 0 Å². The second-order valence-corrected chi connectivity index (χ2v) is 6.18. The van der Waals surface area contributed by atoms with E-state index in [0.29, 0.717) is 24.4 Å². The van der Waals surface area contributed by atoms with Crippen molar-refractivity contribution in [3.63, 3.8) is 0 Å². The van der Waals surface area contributed by atoms with Gasteiger partial charge in [-0.25, -0.2) is 4.79 Å². The molecule has 3 rings (SSSR count). The highest BCUT2D eigenvalue weighted by molar-refractivity contribution is 5.78. The molecule has 0 bridgehead atoms. The molecule has 9 heteroatoms. The van der Waals surface area contributed by atoms with Gasteiger partial charge in [-0.05, 0) is 30.7 Å². The Hall–Kier alpha value is -3.62. The number of aryl methyl sites for hydroxylation is 1. The van der Waals surface area contributed by atoms with Gasteiger partial charge in [-0.2, -0.15) is 4.98 Å². The lowest BCUT2D eigenvalue weighted by atomic mass is 10.2. The molecule has 9 nitrogen and oxygen atoms in total. The van der Waals surface area contributed by atoms with Gasteiger partial charge in [-0.1, -0.05) is 12.1 Å². The Balaban J connectivity index is 1.65. The van der Waals surface area contributed by atoms with Crippen molar-refractivity contribution in [1.82, 2.24) is 25.2 Å². The first-order valence-corrected chi connectivity index (χ1v) is 8.45. The number of nitrogens with zero attached hydrogens (tertiary/aromatic N) is 2. The van der Waals surface area contributed by atoms with Gasteiger partial charge in [0.15, 0.2) is 5.96 Å². The van der Waals surface area contributed by atoms with E-state index in [4.69, 9.17) is 11.1 Å². The SMILES string of the molecule is Cc1cc2cn(-c3ccc(CNC(=O)CCNC(=N)N)cc3)c(=O)nc2[nH]1. The average Bonchev–Trinajstić information content (AvgIpc) is 2.98. The number of carbonyl (C=O) groups excluding carboxylic acids is 1. The quantitative estimate of drug-likeness (QED) is 0.319. The molecule has 27 heavy (non-hydrogen) atoms. The molecule has 0 aliphatic heterocycles. The van der Waals surface area contributed by atoms with Crippen LogP contribution >= 0.6 is 0 Å². The van der Waals surface area contributed by atoms with E-state index in [0.717, 1.165) is 16.6 Å². The Morgan fingerprint density at radius 3 is 2.74 bits per heavy atom. The number of hydrogen-bond donors (Lipinski definition) is 5. The minimum absolute atomic E-state index is 0.137. The number of carbonyl (C=O) groups is 1. The first-order chi connectivity index (χ1) is 12.9. The fourth-order valence-corrected chi connectivity index (χ4v) is 2.69. The van der Waals surface area contributed by atoms with Crippen molar-refractivity contribution in [2.24, 2.45) is 5.73 Å². The molecule has 0 aliphatic carbocycles. The maximum Gasteiger partial charge on any atom is 0.354 e. The van der Waals surface area contributed by atoms with Crippen LogP contribution in [0.4, 0.5) is 0 Å². The third kappa shape index (κ3) is 4.51. The van der Waals surface area contributed by atoms with Gasteiger partial charge in [0.1, 0.15) is 5.65 Å². The summed E-state index contributed by atoms with van der Waals surface area (Å²) in [6.07, 6.45) is 1.99. The maximum absolute atomic E-state index is 12.2. The van der Waals surface area contributed by atoms with Crippen LogP contribution in [0.15, 0.2) is 41.3 Å². The fourth-order valence-electron chi connectivity index (χ4n) is 2.69. The lowest BCUT2D eigenvalue weighted by molar-refractivity contribution is -0.121. The van der Waals surface area contributed by atoms with Crippen molar-refractivity contribution in [2.75, 3.05) is 6.54 Å². The number of fused-ring (bicyclic) bond motifs is 1. The Morgan fingerprint density at radius 2 is 2.04 bits per heavy atom. The summed E-state index contributed by atoms with van der Waals surface area (Å²) in [5.74, 6) is -0.294. The first kappa shape index (κ1) is 18.2. The van der Waals surface area contributed by atoms with Gasteiger partial charge < -0.3 is 21.4 Å². The van der Waals surface area contributed by atoms with Gasteiger partial charge >= 0.3 is 5.69 Å². The molecule has 1 aromatic carbocycles. The summed E-state index contributed by atoms with van der Waals surface area (Å²) in [6, 6.07) is 9.26. The largest absolute Gasteiger partial charge is 0.370 e. The average molecular weight is 367 g/mol. The Kier molecular flexibility index (Phi) is 5.20. The van der Waals surface area contributed by atoms with Crippen molar-refractivity contribution in [1.29, 1.82) is 5.41 Å². The zero-order valence-electron chi connectivity index (χ0n) is 14.9. The Bertz CT molecular complexity index is 1030. The lowest BCUT2D eigenvalue weighted by Gasteiger charge is -2.08. The first-order valence-electron chi connectivity index (χ1n) is 8.45. The molecule has 1 amide bonds. The van der Waals surface area contributed by atoms with E-state index in [2.05, 4.69) is 20.6 Å². The van der Waals surface area contributed by atoms with Crippen molar-refractivity contribution >= 4 is 22.9 Å². The highest BCUT2D eigenvalue weighted by Crippen LogP contribution is 2.13. The maximum atomic E-state index is 12.2. The summed E-state index contributed by atoms with van der Waals surface area (Å²) in [5, 5.41) is 13.3. The number of rotatable bonds is 6. The number of guanidine groups is 1. The van der Waals surface area contributed by atoms with Crippen molar-refractivity contribution in [3.05, 3.63) is 58.3 Å². The van der Waals surface area contributed by atoms with E-state index in [1.54, 1.807) is 6.20 Å². The second kappa shape index (κ2) is 7.73. The van der Waals surface area contributed by atoms with Crippen LogP contribution in [0.5, 0.6) is 0 Å². The van der Waals surface area contributed by atoms with Crippen LogP contribution in [-0.2, 0) is 11.3 Å². The number of nitrogens with two attached hydrogens (primary N) is 1. The third-order valence-corrected chi connectivity index (χ3v) is 4.01. The molecule has 2 heterocycles. The molecule has 0 radical (unpaired) electrons. The fraction of sp³-hybridized carbons (Fsp3) is 0.222. The number of aromatic nitrogens is 3. The third-order valence-electron chi connectivity index (χ3n) is 4.01. The number of aromatic amines is 1. The number of nitrogens with one attached hydrogen (secondary N) is 4. The summed E-state index contributed by atoms with van der Waals surface area (Å²) >= 11 is 0. The van der Waals surface area contributed by atoms with E-state index in [-0.39, 0.29) is 24.0 Å². The molecule has 140 valence electrons. The van der Waals surface area contributed by atoms with Crippen LogP contribution in [0, 0.1) is 12.3 Å². The van der Waals surface area contributed by atoms with Crippen LogP contribution in [0.3, 0.4) is 0 Å². The van der Waals surface area contributed by atoms with Crippen LogP contribution in [-0.4, -0.2) is 32.9 Å². The molecule has 0 aliphatic rings. The van der Waals surface area contributed by atoms with Crippen molar-refractivity contribution in [3.8, 4) is 5.69 Å². The van der Waals surface area contributed by atoms with Crippen molar-refractivity contribution in [2.45, 2.75) is 19.9 Å². The summed E-state index contributed by atoms with van der Waals surface area (Å²) in [7, 11) is 0. The summed E-state index contributed by atoms with van der Waals surface area (Å²) in [5.41, 5.74) is 7.93. The number of benzene rings is 1. The zero-order valence-corrected chi connectivity index (χ0v) is 14.9. The van der Waals surface area contributed by atoms with E-state index in [1.165, 1.54) is 4.57 Å². The molecule has 0 atom stereocenters. The Labute approximate surface area is 155 Å². The molecule has 0 spiro atoms. The topological polar surface area (TPSA) is 142 Å². The monoisotopic (exact) mass is 367 g/mol. The Morgan fingerprint density at radius 1 is 1.30 bits per heavy atom. The molecule has 6 N–H and O–H groups in total. The van der Waals surface area contributed by atoms with E-state index in [9.17, 15) is 9.59 Å². The lowest BCUT2D eigenvalue weighted by Crippen LogP contribution is -2.34. The van der Waals surface area contributed by atoms with Crippen LogP contribution in [0.25, 0.3) is 16.7 Å². The van der Waals surface area contributed by atoms with Gasteiger partial charge in [-0.15, -0.1) is 0 Å². The standard InChI is InChI=1S/C18H21N7O2/c1-11-8-13-10-25(18(27)24-16(13)23-11)14-4-2-12(3-5-14)9-22-15(26)6-7-21-17(19)20/h2-5,8,10H,6-7,9H2,1H3,(H,22,26)(H4,19,20,21)(H,23,24,27). The molecule has 0 saturated heterocycles. The van der Waals surface area contributed by atoms with Gasteiger partial charge in [0.05, 0.1) is 5.69 Å². The van der Waals surface area contributed by atoms with Crippen LogP contribution in [0.1, 0.15) is 17.7 Å². The number of hydrogen-bond acceptors (Lipinski definition) is 4. The van der Waals surface area contributed by atoms with Crippen LogP contribution in [0.2, 0.25) is 0 Å². The van der Waals surface area contributed by atoms with E-state index in [1.807, 2.05) is 37.3 Å². The number of amides is 1. The minimum atomic E-state index is -0.358.